The fourth-order valence-electron chi connectivity index (χ4n) is 2.82. The van der Waals surface area contributed by atoms with Crippen LogP contribution in [-0.2, 0) is 4.79 Å². The van der Waals surface area contributed by atoms with E-state index in [4.69, 9.17) is 0 Å². The predicted octanol–water partition coefficient (Wildman–Crippen LogP) is 2.62. The van der Waals surface area contributed by atoms with Crippen LogP contribution in [0.25, 0.3) is 0 Å². The Morgan fingerprint density at radius 2 is 1.93 bits per heavy atom. The molecule has 0 aromatic carbocycles. The van der Waals surface area contributed by atoms with Crippen molar-refractivity contribution in [2.24, 2.45) is 5.92 Å². The Hall–Kier alpha value is -0.370. The van der Waals surface area contributed by atoms with Gasteiger partial charge in [0.1, 0.15) is 5.78 Å². The standard InChI is InChI=1S/C13H23NO/c1-14(10-11-6-5-7-11)12-8-3-2-4-9-13(12)15/h11-12H,2-10H2,1H3. The first-order chi connectivity index (χ1) is 7.27. The van der Waals surface area contributed by atoms with E-state index in [9.17, 15) is 4.79 Å². The van der Waals surface area contributed by atoms with E-state index in [1.807, 2.05) is 0 Å². The second-order valence-electron chi connectivity index (χ2n) is 5.32. The second kappa shape index (κ2) is 5.11. The van der Waals surface area contributed by atoms with E-state index in [0.717, 1.165) is 31.7 Å². The number of hydrogen-bond donors (Lipinski definition) is 0. The highest BCUT2D eigenvalue weighted by Crippen LogP contribution is 2.28. The number of rotatable bonds is 3. The average Bonchev–Trinajstić information content (AvgIpc) is 2.36. The van der Waals surface area contributed by atoms with Gasteiger partial charge in [0, 0.05) is 13.0 Å². The summed E-state index contributed by atoms with van der Waals surface area (Å²) in [6, 6.07) is 0.244. The minimum absolute atomic E-state index is 0.244. The molecule has 0 N–H and O–H groups in total. The van der Waals surface area contributed by atoms with Crippen molar-refractivity contribution >= 4 is 5.78 Å². The highest BCUT2D eigenvalue weighted by atomic mass is 16.1. The molecular weight excluding hydrogens is 186 g/mol. The van der Waals surface area contributed by atoms with Gasteiger partial charge in [-0.15, -0.1) is 0 Å². The van der Waals surface area contributed by atoms with E-state index in [1.54, 1.807) is 0 Å². The van der Waals surface area contributed by atoms with Gasteiger partial charge in [0.25, 0.3) is 0 Å². The van der Waals surface area contributed by atoms with Crippen molar-refractivity contribution in [2.45, 2.75) is 57.4 Å². The molecule has 1 unspecified atom stereocenters. The molecule has 86 valence electrons. The van der Waals surface area contributed by atoms with Crippen LogP contribution < -0.4 is 0 Å². The third kappa shape index (κ3) is 2.81. The first-order valence-corrected chi connectivity index (χ1v) is 6.50. The van der Waals surface area contributed by atoms with Crippen LogP contribution in [0.5, 0.6) is 0 Å². The molecule has 2 saturated carbocycles. The Labute approximate surface area is 93.0 Å². The van der Waals surface area contributed by atoms with Gasteiger partial charge in [0.05, 0.1) is 6.04 Å². The molecule has 0 aromatic heterocycles. The molecule has 0 saturated heterocycles. The SMILES string of the molecule is CN(CC1CCC1)C1CCCCCC1=O. The smallest absolute Gasteiger partial charge is 0.149 e. The van der Waals surface area contributed by atoms with Crippen molar-refractivity contribution in [3.05, 3.63) is 0 Å². The fourth-order valence-corrected chi connectivity index (χ4v) is 2.82. The van der Waals surface area contributed by atoms with Crippen molar-refractivity contribution in [1.82, 2.24) is 4.90 Å². The first kappa shape index (κ1) is 11.1. The van der Waals surface area contributed by atoms with Crippen molar-refractivity contribution in [1.29, 1.82) is 0 Å². The molecule has 0 spiro atoms. The van der Waals surface area contributed by atoms with Crippen LogP contribution in [0, 0.1) is 5.92 Å². The summed E-state index contributed by atoms with van der Waals surface area (Å²) in [7, 11) is 2.15. The fraction of sp³-hybridized carbons (Fsp3) is 0.923. The zero-order chi connectivity index (χ0) is 10.7. The van der Waals surface area contributed by atoms with Crippen LogP contribution in [0.3, 0.4) is 0 Å². The summed E-state index contributed by atoms with van der Waals surface area (Å²) in [5.74, 6) is 1.38. The molecule has 2 fully saturated rings. The quantitative estimate of drug-likeness (QED) is 0.666. The Morgan fingerprint density at radius 1 is 1.13 bits per heavy atom. The molecule has 0 bridgehead atoms. The number of hydrogen-bond acceptors (Lipinski definition) is 2. The van der Waals surface area contributed by atoms with Crippen molar-refractivity contribution in [3.63, 3.8) is 0 Å². The topological polar surface area (TPSA) is 20.3 Å². The van der Waals surface area contributed by atoms with Gasteiger partial charge in [-0.2, -0.15) is 0 Å². The Balaban J connectivity index is 1.85. The van der Waals surface area contributed by atoms with E-state index < -0.39 is 0 Å². The Kier molecular flexibility index (Phi) is 3.79. The minimum Gasteiger partial charge on any atom is -0.298 e. The lowest BCUT2D eigenvalue weighted by atomic mass is 9.84. The molecule has 0 heterocycles. The molecule has 2 heteroatoms. The lowest BCUT2D eigenvalue weighted by Crippen LogP contribution is -2.41. The number of likely N-dealkylation sites (N-methyl/N-ethyl adjacent to an activating group) is 1. The van der Waals surface area contributed by atoms with Gasteiger partial charge in [-0.05, 0) is 38.6 Å². The molecule has 0 amide bonds. The maximum absolute atomic E-state index is 11.9. The minimum atomic E-state index is 0.244. The van der Waals surface area contributed by atoms with Gasteiger partial charge in [0.15, 0.2) is 0 Å². The highest BCUT2D eigenvalue weighted by molar-refractivity contribution is 5.84. The number of Topliss-reactive ketones (excluding diaryl/α,β-unsaturated/α-hetero) is 1. The zero-order valence-electron chi connectivity index (χ0n) is 9.87. The molecule has 2 aliphatic rings. The summed E-state index contributed by atoms with van der Waals surface area (Å²) in [6.45, 7) is 1.15. The van der Waals surface area contributed by atoms with Crippen LogP contribution in [0.15, 0.2) is 0 Å². The summed E-state index contributed by atoms with van der Waals surface area (Å²) in [5.41, 5.74) is 0. The van der Waals surface area contributed by atoms with Crippen LogP contribution in [0.1, 0.15) is 51.4 Å². The van der Waals surface area contributed by atoms with Crippen LogP contribution in [0.4, 0.5) is 0 Å². The first-order valence-electron chi connectivity index (χ1n) is 6.50. The largest absolute Gasteiger partial charge is 0.298 e. The molecule has 2 aliphatic carbocycles. The van der Waals surface area contributed by atoms with Crippen molar-refractivity contribution in [3.8, 4) is 0 Å². The molecule has 2 nitrogen and oxygen atoms in total. The van der Waals surface area contributed by atoms with Crippen molar-refractivity contribution in [2.75, 3.05) is 13.6 Å². The molecule has 15 heavy (non-hydrogen) atoms. The Morgan fingerprint density at radius 3 is 2.60 bits per heavy atom. The van der Waals surface area contributed by atoms with Gasteiger partial charge < -0.3 is 0 Å². The van der Waals surface area contributed by atoms with Crippen LogP contribution >= 0.6 is 0 Å². The second-order valence-corrected chi connectivity index (χ2v) is 5.32. The molecule has 0 radical (unpaired) electrons. The van der Waals surface area contributed by atoms with Gasteiger partial charge in [-0.25, -0.2) is 0 Å². The van der Waals surface area contributed by atoms with Gasteiger partial charge in [0.2, 0.25) is 0 Å². The maximum Gasteiger partial charge on any atom is 0.149 e. The third-order valence-corrected chi connectivity index (χ3v) is 4.08. The lowest BCUT2D eigenvalue weighted by Gasteiger charge is -2.33. The molecular formula is C13H23NO. The van der Waals surface area contributed by atoms with E-state index >= 15 is 0 Å². The zero-order valence-corrected chi connectivity index (χ0v) is 9.87. The van der Waals surface area contributed by atoms with E-state index in [-0.39, 0.29) is 6.04 Å². The number of carbonyl (C=O) groups excluding carboxylic acids is 1. The Bertz CT molecular complexity index is 223. The van der Waals surface area contributed by atoms with Crippen LogP contribution in [0.2, 0.25) is 0 Å². The number of nitrogens with zero attached hydrogens (tertiary/aromatic N) is 1. The van der Waals surface area contributed by atoms with Gasteiger partial charge in [-0.3, -0.25) is 9.69 Å². The highest BCUT2D eigenvalue weighted by Gasteiger charge is 2.27. The maximum atomic E-state index is 11.9. The number of ketones is 1. The van der Waals surface area contributed by atoms with Gasteiger partial charge in [-0.1, -0.05) is 19.3 Å². The lowest BCUT2D eigenvalue weighted by molar-refractivity contribution is -0.124. The average molecular weight is 209 g/mol. The summed E-state index contributed by atoms with van der Waals surface area (Å²) >= 11 is 0. The molecule has 0 aliphatic heterocycles. The van der Waals surface area contributed by atoms with E-state index in [2.05, 4.69) is 11.9 Å². The number of carbonyl (C=O) groups is 1. The summed E-state index contributed by atoms with van der Waals surface area (Å²) in [6.07, 6.45) is 9.69. The molecule has 2 rings (SSSR count). The molecule has 1 atom stereocenters. The third-order valence-electron chi connectivity index (χ3n) is 4.08. The van der Waals surface area contributed by atoms with Crippen molar-refractivity contribution < 1.29 is 4.79 Å². The summed E-state index contributed by atoms with van der Waals surface area (Å²) in [4.78, 5) is 14.2. The van der Waals surface area contributed by atoms with E-state index in [0.29, 0.717) is 5.78 Å². The van der Waals surface area contributed by atoms with E-state index in [1.165, 1.54) is 32.1 Å². The normalized spacial score (nSPS) is 28.9. The summed E-state index contributed by atoms with van der Waals surface area (Å²) in [5, 5.41) is 0. The molecule has 0 aromatic rings. The summed E-state index contributed by atoms with van der Waals surface area (Å²) < 4.78 is 0. The predicted molar refractivity (Wildman–Crippen MR) is 61.9 cm³/mol. The van der Waals surface area contributed by atoms with Gasteiger partial charge >= 0.3 is 0 Å². The monoisotopic (exact) mass is 209 g/mol. The van der Waals surface area contributed by atoms with Crippen LogP contribution in [-0.4, -0.2) is 30.3 Å².